The molecule has 7 heteroatoms. The summed E-state index contributed by atoms with van der Waals surface area (Å²) in [6.45, 7) is 1.93. The van der Waals surface area contributed by atoms with Crippen LogP contribution in [0, 0.1) is 6.92 Å². The maximum absolute atomic E-state index is 12.3. The van der Waals surface area contributed by atoms with E-state index < -0.39 is 0 Å². The summed E-state index contributed by atoms with van der Waals surface area (Å²) < 4.78 is 0. The number of carbonyl (C=O) groups excluding carboxylic acids is 1. The third-order valence-electron chi connectivity index (χ3n) is 5.06. The summed E-state index contributed by atoms with van der Waals surface area (Å²) in [7, 11) is 0. The summed E-state index contributed by atoms with van der Waals surface area (Å²) >= 11 is 6.11. The lowest BCUT2D eigenvalue weighted by atomic mass is 9.82. The fourth-order valence-corrected chi connectivity index (χ4v) is 3.73. The van der Waals surface area contributed by atoms with Gasteiger partial charge in [0.05, 0.1) is 12.0 Å². The number of imidazole rings is 1. The van der Waals surface area contributed by atoms with Gasteiger partial charge in [-0.1, -0.05) is 23.7 Å². The first-order valence-corrected chi connectivity index (χ1v) is 9.41. The molecular weight excluding hydrogens is 395 g/mol. The molecule has 0 aliphatic heterocycles. The van der Waals surface area contributed by atoms with Crippen LogP contribution in [0.4, 0.5) is 16.2 Å². The van der Waals surface area contributed by atoms with Crippen LogP contribution < -0.4 is 10.6 Å². The minimum Gasteiger partial charge on any atom is -0.351 e. The quantitative estimate of drug-likeness (QED) is 0.511. The Morgan fingerprint density at radius 1 is 1.14 bits per heavy atom. The number of rotatable bonds is 3. The van der Waals surface area contributed by atoms with Crippen molar-refractivity contribution >= 4 is 41.4 Å². The Hall–Kier alpha value is -2.50. The van der Waals surface area contributed by atoms with E-state index >= 15 is 0 Å². The van der Waals surface area contributed by atoms with Gasteiger partial charge in [-0.25, -0.2) is 9.78 Å². The van der Waals surface area contributed by atoms with Gasteiger partial charge in [-0.3, -0.25) is 0 Å². The lowest BCUT2D eigenvalue weighted by Gasteiger charge is -2.24. The van der Waals surface area contributed by atoms with Gasteiger partial charge in [0.2, 0.25) is 0 Å². The summed E-state index contributed by atoms with van der Waals surface area (Å²) in [5, 5.41) is 6.36. The second kappa shape index (κ2) is 8.67. The number of hydrogen-bond acceptors (Lipinski definition) is 2. The highest BCUT2D eigenvalue weighted by Gasteiger charge is 2.21. The lowest BCUT2D eigenvalue weighted by molar-refractivity contribution is 0.262. The Bertz CT molecular complexity index is 973. The number of nitrogens with one attached hydrogen (secondary N) is 3. The summed E-state index contributed by atoms with van der Waals surface area (Å²) in [5.41, 5.74) is 6.15. The molecule has 1 aromatic heterocycles. The van der Waals surface area contributed by atoms with Crippen LogP contribution in [0.5, 0.6) is 0 Å². The first-order valence-electron chi connectivity index (χ1n) is 9.03. The Balaban J connectivity index is 0.00000225. The van der Waals surface area contributed by atoms with Crippen molar-refractivity contribution in [2.45, 2.75) is 32.1 Å². The molecule has 1 atom stereocenters. The summed E-state index contributed by atoms with van der Waals surface area (Å²) in [6.07, 6.45) is 6.76. The van der Waals surface area contributed by atoms with Crippen molar-refractivity contribution in [3.8, 4) is 0 Å². The van der Waals surface area contributed by atoms with Gasteiger partial charge in [-0.2, -0.15) is 0 Å². The zero-order valence-corrected chi connectivity index (χ0v) is 17.0. The van der Waals surface area contributed by atoms with E-state index in [-0.39, 0.29) is 18.4 Å². The maximum Gasteiger partial charge on any atom is 0.323 e. The average Bonchev–Trinajstić information content (AvgIpc) is 3.19. The third kappa shape index (κ3) is 4.49. The minimum atomic E-state index is -0.283. The normalized spacial score (nSPS) is 15.3. The van der Waals surface area contributed by atoms with Crippen molar-refractivity contribution in [1.82, 2.24) is 9.97 Å². The van der Waals surface area contributed by atoms with Gasteiger partial charge in [0.1, 0.15) is 0 Å². The minimum absolute atomic E-state index is 0. The Labute approximate surface area is 175 Å². The number of H-pyrrole nitrogens is 1. The first kappa shape index (κ1) is 20.2. The fourth-order valence-electron chi connectivity index (χ4n) is 3.55. The number of nitrogens with zero attached hydrogens (tertiary/aromatic N) is 1. The van der Waals surface area contributed by atoms with Crippen molar-refractivity contribution in [3.05, 3.63) is 76.3 Å². The number of fused-ring (bicyclic) bond motifs is 1. The van der Waals surface area contributed by atoms with E-state index in [2.05, 4.69) is 32.7 Å². The maximum atomic E-state index is 12.3. The predicted molar refractivity (Wildman–Crippen MR) is 116 cm³/mol. The third-order valence-corrected chi connectivity index (χ3v) is 5.47. The number of aromatic amines is 1. The van der Waals surface area contributed by atoms with Crippen LogP contribution in [0.25, 0.3) is 0 Å². The van der Waals surface area contributed by atoms with Gasteiger partial charge in [0.15, 0.2) is 0 Å². The predicted octanol–water partition coefficient (Wildman–Crippen LogP) is 5.71. The highest BCUT2D eigenvalue weighted by molar-refractivity contribution is 6.31. The van der Waals surface area contributed by atoms with Crippen LogP contribution in [0.2, 0.25) is 5.02 Å². The van der Waals surface area contributed by atoms with Crippen molar-refractivity contribution in [3.63, 3.8) is 0 Å². The molecule has 0 radical (unpaired) electrons. The van der Waals surface area contributed by atoms with E-state index in [4.69, 9.17) is 11.6 Å². The zero-order valence-electron chi connectivity index (χ0n) is 15.5. The molecule has 0 spiro atoms. The second-order valence-electron chi connectivity index (χ2n) is 6.96. The molecule has 146 valence electrons. The molecule has 5 nitrogen and oxygen atoms in total. The lowest BCUT2D eigenvalue weighted by Crippen LogP contribution is -2.20. The van der Waals surface area contributed by atoms with Crippen LogP contribution in [0.1, 0.15) is 34.7 Å². The first-order chi connectivity index (χ1) is 13.1. The molecule has 2 aromatic carbocycles. The van der Waals surface area contributed by atoms with E-state index in [0.29, 0.717) is 16.6 Å². The SMILES string of the molecule is Cc1ccc(NC(=O)Nc2ccc3c(c2)CC(c2c[nH]cn2)CC3)cc1Cl.Cl. The number of urea groups is 1. The summed E-state index contributed by atoms with van der Waals surface area (Å²) in [4.78, 5) is 19.7. The molecule has 0 saturated heterocycles. The van der Waals surface area contributed by atoms with Crippen LogP contribution in [-0.2, 0) is 12.8 Å². The van der Waals surface area contributed by atoms with E-state index in [0.717, 1.165) is 36.2 Å². The van der Waals surface area contributed by atoms with Crippen LogP contribution >= 0.6 is 24.0 Å². The van der Waals surface area contributed by atoms with Gasteiger partial charge in [0, 0.05) is 28.5 Å². The Kier molecular flexibility index (Phi) is 6.27. The molecule has 2 amide bonds. The van der Waals surface area contributed by atoms with Gasteiger partial charge < -0.3 is 15.6 Å². The van der Waals surface area contributed by atoms with Gasteiger partial charge >= 0.3 is 6.03 Å². The molecular formula is C21H22Cl2N4O. The van der Waals surface area contributed by atoms with Crippen LogP contribution in [0.15, 0.2) is 48.9 Å². The molecule has 1 aliphatic carbocycles. The number of hydrogen-bond donors (Lipinski definition) is 3. The Morgan fingerprint density at radius 2 is 1.89 bits per heavy atom. The number of carbonyl (C=O) groups is 1. The highest BCUT2D eigenvalue weighted by Crippen LogP contribution is 2.33. The summed E-state index contributed by atoms with van der Waals surface area (Å²) in [5.74, 6) is 0.419. The molecule has 28 heavy (non-hydrogen) atoms. The number of aromatic nitrogens is 2. The number of amides is 2. The van der Waals surface area contributed by atoms with Gasteiger partial charge in [-0.05, 0) is 67.1 Å². The number of aryl methyl sites for hydroxylation is 2. The molecule has 4 rings (SSSR count). The molecule has 3 N–H and O–H groups in total. The van der Waals surface area contributed by atoms with Gasteiger partial charge in [0.25, 0.3) is 0 Å². The standard InChI is InChI=1S/C21H21ClN4O.ClH/c1-13-2-6-18(10-19(13)22)26-21(27)25-17-7-5-14-3-4-15(8-16(14)9-17)20-11-23-12-24-20;/h2,5-7,9-12,15H,3-4,8H2,1H3,(H,23,24)(H2,25,26,27);1H. The fraction of sp³-hybridized carbons (Fsp3) is 0.238. The van der Waals surface area contributed by atoms with Crippen LogP contribution in [0.3, 0.4) is 0 Å². The molecule has 0 fully saturated rings. The number of halogens is 2. The van der Waals surface area contributed by atoms with Gasteiger partial charge in [-0.15, -0.1) is 12.4 Å². The van der Waals surface area contributed by atoms with Crippen molar-refractivity contribution in [1.29, 1.82) is 0 Å². The zero-order chi connectivity index (χ0) is 18.8. The van der Waals surface area contributed by atoms with Crippen molar-refractivity contribution in [2.75, 3.05) is 10.6 Å². The smallest absolute Gasteiger partial charge is 0.323 e. The van der Waals surface area contributed by atoms with Crippen molar-refractivity contribution in [2.24, 2.45) is 0 Å². The van der Waals surface area contributed by atoms with E-state index in [1.165, 1.54) is 11.1 Å². The molecule has 1 unspecified atom stereocenters. The van der Waals surface area contributed by atoms with E-state index in [9.17, 15) is 4.79 Å². The highest BCUT2D eigenvalue weighted by atomic mass is 35.5. The number of benzene rings is 2. The summed E-state index contributed by atoms with van der Waals surface area (Å²) in [6, 6.07) is 11.3. The second-order valence-corrected chi connectivity index (χ2v) is 7.37. The molecule has 1 heterocycles. The number of anilines is 2. The van der Waals surface area contributed by atoms with E-state index in [1.807, 2.05) is 31.3 Å². The van der Waals surface area contributed by atoms with Crippen LogP contribution in [-0.4, -0.2) is 16.0 Å². The largest absolute Gasteiger partial charge is 0.351 e. The average molecular weight is 417 g/mol. The molecule has 0 saturated carbocycles. The topological polar surface area (TPSA) is 69.8 Å². The van der Waals surface area contributed by atoms with E-state index in [1.54, 1.807) is 12.4 Å². The Morgan fingerprint density at radius 3 is 2.61 bits per heavy atom. The molecule has 0 bridgehead atoms. The monoisotopic (exact) mass is 416 g/mol. The molecule has 3 aromatic rings. The molecule has 1 aliphatic rings. The van der Waals surface area contributed by atoms with Crippen molar-refractivity contribution < 1.29 is 4.79 Å².